The Kier molecular flexibility index (Phi) is 17.5. The van der Waals surface area contributed by atoms with Gasteiger partial charge in [0.05, 0.1) is 19.3 Å². The van der Waals surface area contributed by atoms with Crippen molar-refractivity contribution in [2.45, 2.75) is 78.7 Å². The number of likely N-dealkylation sites (N-methyl/N-ethyl adjacent to an activating group) is 1. The van der Waals surface area contributed by atoms with Crippen molar-refractivity contribution < 1.29 is 43.2 Å². The molecule has 0 spiro atoms. The van der Waals surface area contributed by atoms with Gasteiger partial charge in [0.15, 0.2) is 5.69 Å². The van der Waals surface area contributed by atoms with Gasteiger partial charge in [-0.2, -0.15) is 0 Å². The van der Waals surface area contributed by atoms with Crippen LogP contribution in [0.4, 0.5) is 22.1 Å². The Hall–Kier alpha value is -6.63. The maximum Gasteiger partial charge on any atom is 0.434 e. The zero-order chi connectivity index (χ0) is 44.6. The average Bonchev–Trinajstić information content (AvgIpc) is 3.75. The largest absolute Gasteiger partial charge is 0.484 e. The van der Waals surface area contributed by atoms with Crippen LogP contribution < -0.4 is 26.0 Å². The van der Waals surface area contributed by atoms with E-state index in [-0.39, 0.29) is 60.8 Å². The zero-order valence-corrected chi connectivity index (χ0v) is 35.3. The van der Waals surface area contributed by atoms with Crippen LogP contribution in [0.3, 0.4) is 0 Å². The number of nitrogens with zero attached hydrogens (tertiary/aromatic N) is 5. The van der Waals surface area contributed by atoms with E-state index in [0.29, 0.717) is 36.5 Å². The summed E-state index contributed by atoms with van der Waals surface area (Å²) in [6, 6.07) is 11.8. The Morgan fingerprint density at radius 1 is 0.885 bits per heavy atom. The minimum absolute atomic E-state index is 0.0376. The predicted molar refractivity (Wildman–Crippen MR) is 225 cm³/mol. The number of para-hydroxylation sites is 1. The molecular formula is C42H55N9O10. The molecular weight excluding hydrogens is 791 g/mol. The first-order valence-corrected chi connectivity index (χ1v) is 20.1. The smallest absolute Gasteiger partial charge is 0.434 e. The number of nitro groups is 1. The molecule has 61 heavy (non-hydrogen) atoms. The van der Waals surface area contributed by atoms with Gasteiger partial charge in [0.1, 0.15) is 37.2 Å². The molecule has 328 valence electrons. The Balaban J connectivity index is 1.36. The van der Waals surface area contributed by atoms with Crippen LogP contribution in [0.15, 0.2) is 66.9 Å². The lowest BCUT2D eigenvalue weighted by Crippen LogP contribution is -2.56. The monoisotopic (exact) mass is 845 g/mol. The van der Waals surface area contributed by atoms with Crippen molar-refractivity contribution in [3.05, 3.63) is 88.3 Å². The lowest BCUT2D eigenvalue weighted by atomic mass is 9.99. The van der Waals surface area contributed by atoms with Crippen molar-refractivity contribution in [3.8, 4) is 5.75 Å². The number of nitrogens with one attached hydrogen (secondary N) is 4. The number of amides is 6. The van der Waals surface area contributed by atoms with Crippen LogP contribution in [0.2, 0.25) is 0 Å². The summed E-state index contributed by atoms with van der Waals surface area (Å²) in [7, 11) is 2.93. The lowest BCUT2D eigenvalue weighted by molar-refractivity contribution is -0.396. The molecule has 0 aliphatic carbocycles. The fourth-order valence-corrected chi connectivity index (χ4v) is 6.50. The molecule has 0 radical (unpaired) electrons. The molecule has 3 aromatic rings. The topological polar surface area (TPSA) is 236 Å². The number of aromatic nitrogens is 2. The first-order chi connectivity index (χ1) is 29.1. The van der Waals surface area contributed by atoms with E-state index in [0.717, 1.165) is 19.3 Å². The standard InChI is InChI=1S/C42H55N9O10/c1-27(2)37(39(55)45-30-14-10-9-11-15-30)47-40(56)38(28(3)4)49(6)42(57)61-25-29-16-17-33(60-26-31-23-44-41(48(31)5)51(58)59)32(22-29)46-34(52)24-43-20-12-7-8-13-21-50-35(53)18-19-36(50)54/h9-11,14-19,22-23,27-28,37-38,43H,7-8,12-13,20-21,24-26H2,1-6H3,(H,45,55)(H,46,52)(H,47,56)/t37-,38-/m0/s1. The Morgan fingerprint density at radius 2 is 1.57 bits per heavy atom. The fourth-order valence-electron chi connectivity index (χ4n) is 6.50. The summed E-state index contributed by atoms with van der Waals surface area (Å²) < 4.78 is 12.9. The van der Waals surface area contributed by atoms with E-state index in [2.05, 4.69) is 26.3 Å². The highest BCUT2D eigenvalue weighted by Crippen LogP contribution is 2.28. The van der Waals surface area contributed by atoms with Crippen molar-refractivity contribution in [1.82, 2.24) is 30.0 Å². The van der Waals surface area contributed by atoms with Crippen LogP contribution in [-0.4, -0.2) is 98.7 Å². The molecule has 19 heteroatoms. The number of hydrogen-bond donors (Lipinski definition) is 4. The number of anilines is 2. The van der Waals surface area contributed by atoms with Crippen LogP contribution >= 0.6 is 0 Å². The summed E-state index contributed by atoms with van der Waals surface area (Å²) in [6.45, 7) is 7.68. The molecule has 2 heterocycles. The molecule has 0 fully saturated rings. The lowest BCUT2D eigenvalue weighted by Gasteiger charge is -2.31. The van der Waals surface area contributed by atoms with Crippen LogP contribution in [0, 0.1) is 22.0 Å². The third-order valence-electron chi connectivity index (χ3n) is 9.84. The van der Waals surface area contributed by atoms with Gasteiger partial charge in [0, 0.05) is 31.4 Å². The summed E-state index contributed by atoms with van der Waals surface area (Å²) >= 11 is 0. The van der Waals surface area contributed by atoms with E-state index in [4.69, 9.17) is 9.47 Å². The molecule has 0 bridgehead atoms. The van der Waals surface area contributed by atoms with Gasteiger partial charge >= 0.3 is 12.0 Å². The van der Waals surface area contributed by atoms with Gasteiger partial charge in [-0.15, -0.1) is 0 Å². The average molecular weight is 846 g/mol. The van der Waals surface area contributed by atoms with Gasteiger partial charge in [-0.05, 0) is 66.0 Å². The molecule has 0 saturated heterocycles. The minimum Gasteiger partial charge on any atom is -0.484 e. The first-order valence-electron chi connectivity index (χ1n) is 20.1. The van der Waals surface area contributed by atoms with Crippen molar-refractivity contribution in [1.29, 1.82) is 0 Å². The first kappa shape index (κ1) is 47.1. The number of carbonyl (C=O) groups excluding carboxylic acids is 6. The van der Waals surface area contributed by atoms with E-state index in [1.54, 1.807) is 56.3 Å². The third kappa shape index (κ3) is 13.7. The van der Waals surface area contributed by atoms with Crippen LogP contribution in [0.25, 0.3) is 0 Å². The molecule has 6 amide bonds. The van der Waals surface area contributed by atoms with Gasteiger partial charge in [-0.25, -0.2) is 9.36 Å². The predicted octanol–water partition coefficient (Wildman–Crippen LogP) is 4.29. The zero-order valence-electron chi connectivity index (χ0n) is 35.3. The number of imide groups is 1. The third-order valence-corrected chi connectivity index (χ3v) is 9.84. The highest BCUT2D eigenvalue weighted by molar-refractivity contribution is 6.12. The Labute approximate surface area is 354 Å². The number of carbonyl (C=O) groups is 6. The number of rotatable bonds is 23. The second-order valence-corrected chi connectivity index (χ2v) is 15.2. The van der Waals surface area contributed by atoms with E-state index in [9.17, 15) is 38.9 Å². The number of imidazole rings is 1. The summed E-state index contributed by atoms with van der Waals surface area (Å²) in [5, 5.41) is 22.8. The summed E-state index contributed by atoms with van der Waals surface area (Å²) in [6.07, 6.45) is 6.11. The van der Waals surface area contributed by atoms with Gasteiger partial charge < -0.3 is 40.9 Å². The second kappa shape index (κ2) is 22.7. The molecule has 1 aromatic heterocycles. The molecule has 2 aromatic carbocycles. The highest BCUT2D eigenvalue weighted by atomic mass is 16.6. The van der Waals surface area contributed by atoms with E-state index < -0.39 is 40.8 Å². The molecule has 2 atom stereocenters. The maximum absolute atomic E-state index is 13.6. The Morgan fingerprint density at radius 3 is 2.21 bits per heavy atom. The highest BCUT2D eigenvalue weighted by Gasteiger charge is 2.34. The van der Waals surface area contributed by atoms with Crippen molar-refractivity contribution in [3.63, 3.8) is 0 Å². The van der Waals surface area contributed by atoms with E-state index >= 15 is 0 Å². The van der Waals surface area contributed by atoms with Crippen molar-refractivity contribution in [2.75, 3.05) is 37.3 Å². The Bertz CT molecular complexity index is 2050. The minimum atomic E-state index is -0.983. The van der Waals surface area contributed by atoms with Crippen molar-refractivity contribution in [2.24, 2.45) is 18.9 Å². The van der Waals surface area contributed by atoms with Gasteiger partial charge in [0.25, 0.3) is 11.8 Å². The van der Waals surface area contributed by atoms with Crippen molar-refractivity contribution >= 4 is 53.0 Å². The summed E-state index contributed by atoms with van der Waals surface area (Å²) in [5.74, 6) is -2.65. The van der Waals surface area contributed by atoms with Gasteiger partial charge in [-0.1, -0.05) is 69.8 Å². The SMILES string of the molecule is CC(C)[C@H](NC(=O)[C@H](C(C)C)N(C)C(=O)OCc1ccc(OCc2cnc([N+](=O)[O-])n2C)c(NC(=O)CNCCCCCCN2C(=O)C=CC2=O)c1)C(=O)Nc1ccccc1. The summed E-state index contributed by atoms with van der Waals surface area (Å²) in [4.78, 5) is 93.6. The van der Waals surface area contributed by atoms with Crippen LogP contribution in [0.5, 0.6) is 5.75 Å². The fraction of sp³-hybridized carbons (Fsp3) is 0.452. The normalized spacial score (nSPS) is 13.3. The number of hydrogen-bond acceptors (Lipinski definition) is 12. The molecule has 1 aliphatic heterocycles. The summed E-state index contributed by atoms with van der Waals surface area (Å²) in [5.41, 5.74) is 1.71. The number of unbranched alkanes of at least 4 members (excludes halogenated alkanes) is 3. The molecule has 0 unspecified atom stereocenters. The molecule has 0 saturated carbocycles. The number of ether oxygens (including phenoxy) is 2. The number of benzene rings is 2. The molecule has 1 aliphatic rings. The molecule has 4 N–H and O–H groups in total. The second-order valence-electron chi connectivity index (χ2n) is 15.2. The van der Waals surface area contributed by atoms with Crippen LogP contribution in [0.1, 0.15) is 64.6 Å². The molecule has 4 rings (SSSR count). The van der Waals surface area contributed by atoms with Crippen LogP contribution in [-0.2, 0) is 49.0 Å². The van der Waals surface area contributed by atoms with Gasteiger partial charge in [0.2, 0.25) is 17.7 Å². The van der Waals surface area contributed by atoms with E-state index in [1.807, 2.05) is 19.9 Å². The molecule has 19 nitrogen and oxygen atoms in total. The maximum atomic E-state index is 13.6. The van der Waals surface area contributed by atoms with Gasteiger partial charge in [-0.3, -0.25) is 33.8 Å². The van der Waals surface area contributed by atoms with E-state index in [1.165, 1.54) is 46.8 Å². The quantitative estimate of drug-likeness (QED) is 0.0453.